The van der Waals surface area contributed by atoms with Crippen molar-refractivity contribution in [3.8, 4) is 5.75 Å². The van der Waals surface area contributed by atoms with Crippen LogP contribution in [-0.4, -0.2) is 22.8 Å². The lowest BCUT2D eigenvalue weighted by Gasteiger charge is -2.14. The molecule has 2 aromatic rings. The van der Waals surface area contributed by atoms with Gasteiger partial charge in [0.05, 0.1) is 21.7 Å². The predicted octanol–water partition coefficient (Wildman–Crippen LogP) is 3.50. The molecule has 0 aromatic heterocycles. The number of nitrogens with zero attached hydrogens (tertiary/aromatic N) is 2. The molecule has 1 aliphatic heterocycles. The number of carbonyl (C=O) groups excluding carboxylic acids is 2. The molecular weight excluding hydrogens is 386 g/mol. The Hall–Kier alpha value is -3.39. The van der Waals surface area contributed by atoms with E-state index in [1.165, 1.54) is 18.2 Å². The minimum atomic E-state index is -0.627. The topological polar surface area (TPSA) is 102 Å². The Labute approximate surface area is 165 Å². The predicted molar refractivity (Wildman–Crippen MR) is 104 cm³/mol. The molecule has 1 heterocycles. The molecule has 1 fully saturated rings. The minimum absolute atomic E-state index is 0.0144. The molecule has 8 nitrogen and oxygen atoms in total. The van der Waals surface area contributed by atoms with Crippen LogP contribution in [0.25, 0.3) is 6.08 Å². The van der Waals surface area contributed by atoms with Gasteiger partial charge in [-0.25, -0.2) is 5.01 Å². The molecule has 3 rings (SSSR count). The Morgan fingerprint density at radius 2 is 1.89 bits per heavy atom. The second-order valence-corrected chi connectivity index (χ2v) is 6.66. The molecule has 1 N–H and O–H groups in total. The smallest absolute Gasteiger partial charge is 0.313 e. The van der Waals surface area contributed by atoms with Gasteiger partial charge in [-0.1, -0.05) is 29.8 Å². The third-order valence-electron chi connectivity index (χ3n) is 3.81. The number of amides is 2. The number of hydrazine groups is 1. The summed E-state index contributed by atoms with van der Waals surface area (Å²) < 4.78 is 5.43. The molecule has 28 heavy (non-hydrogen) atoms. The summed E-state index contributed by atoms with van der Waals surface area (Å²) in [6, 6.07) is 11.2. The number of anilines is 1. The van der Waals surface area contributed by atoms with E-state index in [0.717, 1.165) is 5.01 Å². The quantitative estimate of drug-likeness (QED) is 0.357. The highest BCUT2D eigenvalue weighted by atomic mass is 35.5. The number of nitro groups is 1. The van der Waals surface area contributed by atoms with Crippen LogP contribution in [-0.2, 0) is 9.59 Å². The molecule has 0 radical (unpaired) electrons. The molecule has 0 unspecified atom stereocenters. The highest BCUT2D eigenvalue weighted by molar-refractivity contribution is 6.33. The van der Waals surface area contributed by atoms with Crippen LogP contribution in [0, 0.1) is 10.1 Å². The largest absolute Gasteiger partial charge is 0.483 e. The Morgan fingerprint density at radius 3 is 2.50 bits per heavy atom. The molecule has 1 saturated heterocycles. The van der Waals surface area contributed by atoms with Gasteiger partial charge in [0, 0.05) is 6.07 Å². The van der Waals surface area contributed by atoms with Gasteiger partial charge in [-0.15, -0.1) is 0 Å². The summed E-state index contributed by atoms with van der Waals surface area (Å²) in [4.78, 5) is 35.7. The molecular formula is C19H16ClN3O5. The number of hydrogen-bond acceptors (Lipinski definition) is 5. The van der Waals surface area contributed by atoms with Gasteiger partial charge in [0.1, 0.15) is 5.57 Å². The van der Waals surface area contributed by atoms with Crippen molar-refractivity contribution in [1.82, 2.24) is 5.43 Å². The highest BCUT2D eigenvalue weighted by Gasteiger charge is 2.34. The summed E-state index contributed by atoms with van der Waals surface area (Å²) in [5, 5.41) is 12.5. The van der Waals surface area contributed by atoms with Crippen LogP contribution in [0.5, 0.6) is 5.75 Å². The van der Waals surface area contributed by atoms with Crippen LogP contribution >= 0.6 is 11.6 Å². The lowest BCUT2D eigenvalue weighted by atomic mass is 10.1. The molecule has 144 valence electrons. The molecule has 0 spiro atoms. The van der Waals surface area contributed by atoms with Gasteiger partial charge in [0.15, 0.2) is 0 Å². The fourth-order valence-corrected chi connectivity index (χ4v) is 2.92. The first-order chi connectivity index (χ1) is 13.3. The van der Waals surface area contributed by atoms with E-state index in [0.29, 0.717) is 5.69 Å². The second kappa shape index (κ2) is 7.69. The first-order valence-corrected chi connectivity index (χ1v) is 8.72. The number of nitrogens with one attached hydrogen (secondary N) is 1. The van der Waals surface area contributed by atoms with E-state index in [1.807, 2.05) is 0 Å². The van der Waals surface area contributed by atoms with Crippen molar-refractivity contribution in [2.45, 2.75) is 20.0 Å². The van der Waals surface area contributed by atoms with Gasteiger partial charge in [-0.2, -0.15) is 0 Å². The van der Waals surface area contributed by atoms with Crippen LogP contribution in [0.3, 0.4) is 0 Å². The summed E-state index contributed by atoms with van der Waals surface area (Å²) in [7, 11) is 0. The Bertz CT molecular complexity index is 989. The van der Waals surface area contributed by atoms with Gasteiger partial charge in [-0.3, -0.25) is 25.1 Å². The van der Waals surface area contributed by atoms with Crippen molar-refractivity contribution >= 4 is 40.9 Å². The van der Waals surface area contributed by atoms with Gasteiger partial charge < -0.3 is 4.74 Å². The number of ether oxygens (including phenoxy) is 1. The third kappa shape index (κ3) is 3.81. The first-order valence-electron chi connectivity index (χ1n) is 8.34. The van der Waals surface area contributed by atoms with Crippen LogP contribution in [0.15, 0.2) is 48.0 Å². The first kappa shape index (κ1) is 19.4. The van der Waals surface area contributed by atoms with Gasteiger partial charge in [0.2, 0.25) is 5.75 Å². The maximum absolute atomic E-state index is 12.6. The maximum atomic E-state index is 12.6. The highest BCUT2D eigenvalue weighted by Crippen LogP contribution is 2.37. The van der Waals surface area contributed by atoms with Crippen molar-refractivity contribution in [3.05, 3.63) is 68.7 Å². The average molecular weight is 402 g/mol. The number of para-hydroxylation sites is 1. The number of benzene rings is 2. The lowest BCUT2D eigenvalue weighted by molar-refractivity contribution is -0.386. The van der Waals surface area contributed by atoms with E-state index in [-0.39, 0.29) is 33.7 Å². The van der Waals surface area contributed by atoms with Crippen molar-refractivity contribution in [1.29, 1.82) is 0 Å². The summed E-state index contributed by atoms with van der Waals surface area (Å²) >= 11 is 6.15. The third-order valence-corrected chi connectivity index (χ3v) is 4.09. The molecule has 0 bridgehead atoms. The Kier molecular flexibility index (Phi) is 5.32. The van der Waals surface area contributed by atoms with E-state index in [1.54, 1.807) is 44.2 Å². The Balaban J connectivity index is 2.00. The molecule has 2 amide bonds. The van der Waals surface area contributed by atoms with E-state index in [2.05, 4.69) is 5.43 Å². The second-order valence-electron chi connectivity index (χ2n) is 6.25. The van der Waals surface area contributed by atoms with E-state index in [4.69, 9.17) is 16.3 Å². The molecule has 0 aliphatic carbocycles. The molecule has 1 aliphatic rings. The zero-order valence-electron chi connectivity index (χ0n) is 15.0. The normalized spacial score (nSPS) is 15.3. The molecule has 9 heteroatoms. The molecule has 2 aromatic carbocycles. The number of hydrogen-bond donors (Lipinski definition) is 1. The average Bonchev–Trinajstić information content (AvgIpc) is 2.92. The molecule has 0 saturated carbocycles. The summed E-state index contributed by atoms with van der Waals surface area (Å²) in [5.41, 5.74) is 2.69. The van der Waals surface area contributed by atoms with Crippen LogP contribution < -0.4 is 15.2 Å². The SMILES string of the molecule is CC(C)Oc1c(Cl)cc(/C=C2/C(=O)NN(c3ccccc3)C2=O)cc1[N+](=O)[O-]. The lowest BCUT2D eigenvalue weighted by Crippen LogP contribution is -2.35. The van der Waals surface area contributed by atoms with Crippen molar-refractivity contribution in [3.63, 3.8) is 0 Å². The zero-order chi connectivity index (χ0) is 20.4. The van der Waals surface area contributed by atoms with E-state index in [9.17, 15) is 19.7 Å². The number of carbonyl (C=O) groups is 2. The van der Waals surface area contributed by atoms with Gasteiger partial charge >= 0.3 is 5.69 Å². The number of halogens is 1. The van der Waals surface area contributed by atoms with Gasteiger partial charge in [-0.05, 0) is 43.7 Å². The number of nitro benzene ring substituents is 1. The van der Waals surface area contributed by atoms with Crippen molar-refractivity contribution < 1.29 is 19.2 Å². The van der Waals surface area contributed by atoms with Crippen molar-refractivity contribution in [2.75, 3.05) is 5.01 Å². The summed E-state index contributed by atoms with van der Waals surface area (Å²) in [6.07, 6.45) is 0.945. The Morgan fingerprint density at radius 1 is 1.21 bits per heavy atom. The number of rotatable bonds is 5. The van der Waals surface area contributed by atoms with Crippen LogP contribution in [0.2, 0.25) is 5.02 Å². The van der Waals surface area contributed by atoms with Crippen LogP contribution in [0.4, 0.5) is 11.4 Å². The summed E-state index contributed by atoms with van der Waals surface area (Å²) in [5.74, 6) is -1.25. The fraction of sp³-hybridized carbons (Fsp3) is 0.158. The van der Waals surface area contributed by atoms with Crippen molar-refractivity contribution in [2.24, 2.45) is 0 Å². The van der Waals surface area contributed by atoms with E-state index < -0.39 is 16.7 Å². The zero-order valence-corrected chi connectivity index (χ0v) is 15.8. The minimum Gasteiger partial charge on any atom is -0.483 e. The van der Waals surface area contributed by atoms with E-state index >= 15 is 0 Å². The maximum Gasteiger partial charge on any atom is 0.313 e. The monoisotopic (exact) mass is 401 g/mol. The standard InChI is InChI=1S/C19H16ClN3O5/c1-11(2)28-17-15(20)9-12(10-16(17)23(26)27)8-14-18(24)21-22(19(14)25)13-6-4-3-5-7-13/h3-11H,1-2H3,(H,21,24)/b14-8-. The fourth-order valence-electron chi connectivity index (χ4n) is 2.65. The molecule has 0 atom stereocenters. The summed E-state index contributed by atoms with van der Waals surface area (Å²) in [6.45, 7) is 3.44. The van der Waals surface area contributed by atoms with Crippen LogP contribution in [0.1, 0.15) is 19.4 Å². The van der Waals surface area contributed by atoms with Gasteiger partial charge in [0.25, 0.3) is 11.8 Å².